The van der Waals surface area contributed by atoms with Gasteiger partial charge in [0.25, 0.3) is 5.91 Å². The van der Waals surface area contributed by atoms with E-state index < -0.39 is 0 Å². The number of nitriles is 1. The van der Waals surface area contributed by atoms with Crippen molar-refractivity contribution in [2.75, 3.05) is 18.1 Å². The first kappa shape index (κ1) is 20.9. The van der Waals surface area contributed by atoms with Crippen LogP contribution in [0.4, 0.5) is 5.69 Å². The number of hydrogen-bond donors (Lipinski definition) is 0. The Morgan fingerprint density at radius 2 is 1.77 bits per heavy atom. The van der Waals surface area contributed by atoms with Gasteiger partial charge in [0.05, 0.1) is 19.1 Å². The van der Waals surface area contributed by atoms with E-state index >= 15 is 0 Å². The van der Waals surface area contributed by atoms with Crippen LogP contribution in [0.25, 0.3) is 0 Å². The van der Waals surface area contributed by atoms with Gasteiger partial charge in [0.2, 0.25) is 11.7 Å². The minimum atomic E-state index is -0.199. The summed E-state index contributed by atoms with van der Waals surface area (Å²) < 4.78 is 16.0. The van der Waals surface area contributed by atoms with Crippen molar-refractivity contribution >= 4 is 11.6 Å². The molecule has 1 aromatic heterocycles. The summed E-state index contributed by atoms with van der Waals surface area (Å²) in [6.07, 6.45) is 0.226. The molecule has 3 aromatic rings. The molecule has 0 aliphatic rings. The van der Waals surface area contributed by atoms with Crippen molar-refractivity contribution in [3.05, 3.63) is 65.8 Å². The topological polar surface area (TPSA) is 101 Å². The fourth-order valence-electron chi connectivity index (χ4n) is 2.80. The van der Waals surface area contributed by atoms with E-state index in [1.54, 1.807) is 36.1 Å². The summed E-state index contributed by atoms with van der Waals surface area (Å²) in [6.45, 7) is 4.65. The van der Waals surface area contributed by atoms with Gasteiger partial charge >= 0.3 is 0 Å². The van der Waals surface area contributed by atoms with Crippen molar-refractivity contribution in [2.45, 2.75) is 26.9 Å². The van der Waals surface area contributed by atoms with E-state index in [1.807, 2.05) is 31.2 Å². The number of carbonyl (C=O) groups is 1. The zero-order chi connectivity index (χ0) is 21.3. The summed E-state index contributed by atoms with van der Waals surface area (Å²) in [4.78, 5) is 18.7. The molecule has 30 heavy (non-hydrogen) atoms. The number of nitrogens with zero attached hydrogens (tertiary/aromatic N) is 4. The number of amides is 1. The van der Waals surface area contributed by atoms with Crippen LogP contribution in [-0.4, -0.2) is 29.2 Å². The molecule has 0 fully saturated rings. The molecule has 3 rings (SSSR count). The summed E-state index contributed by atoms with van der Waals surface area (Å²) in [5.41, 5.74) is 1.19. The van der Waals surface area contributed by atoms with Gasteiger partial charge in [-0.05, 0) is 55.5 Å². The summed E-state index contributed by atoms with van der Waals surface area (Å²) in [7, 11) is 0. The average Bonchev–Trinajstić information content (AvgIpc) is 3.19. The monoisotopic (exact) mass is 406 g/mol. The molecule has 154 valence electrons. The number of hydrogen-bond acceptors (Lipinski definition) is 7. The zero-order valence-electron chi connectivity index (χ0n) is 16.9. The number of carbonyl (C=O) groups excluding carboxylic acids is 1. The van der Waals surface area contributed by atoms with E-state index in [2.05, 4.69) is 16.2 Å². The Bertz CT molecular complexity index is 1010. The number of anilines is 1. The lowest BCUT2D eigenvalue weighted by molar-refractivity contribution is 0.0987. The molecule has 0 saturated carbocycles. The summed E-state index contributed by atoms with van der Waals surface area (Å²) in [6, 6.07) is 16.1. The largest absolute Gasteiger partial charge is 0.494 e. The molecular formula is C22H22N4O4. The normalized spacial score (nSPS) is 10.3. The van der Waals surface area contributed by atoms with Crippen LogP contribution in [0.15, 0.2) is 53.1 Å². The van der Waals surface area contributed by atoms with Crippen LogP contribution in [0.3, 0.4) is 0 Å². The predicted molar refractivity (Wildman–Crippen MR) is 109 cm³/mol. The fraction of sp³-hybridized carbons (Fsp3) is 0.273. The van der Waals surface area contributed by atoms with Gasteiger partial charge in [-0.1, -0.05) is 5.16 Å². The highest BCUT2D eigenvalue weighted by atomic mass is 16.5. The second kappa shape index (κ2) is 10.1. The van der Waals surface area contributed by atoms with Crippen molar-refractivity contribution in [1.29, 1.82) is 5.26 Å². The molecule has 1 amide bonds. The molecule has 1 heterocycles. The Morgan fingerprint density at radius 3 is 2.37 bits per heavy atom. The lowest BCUT2D eigenvalue weighted by Gasteiger charge is -2.22. The molecule has 0 spiro atoms. The van der Waals surface area contributed by atoms with Crippen molar-refractivity contribution in [2.24, 2.45) is 0 Å². The van der Waals surface area contributed by atoms with Crippen LogP contribution >= 0.6 is 0 Å². The molecule has 0 aliphatic heterocycles. The summed E-state index contributed by atoms with van der Waals surface area (Å²) in [5, 5.41) is 12.8. The molecule has 2 aromatic carbocycles. The van der Waals surface area contributed by atoms with E-state index in [9.17, 15) is 4.79 Å². The van der Waals surface area contributed by atoms with E-state index in [0.29, 0.717) is 41.9 Å². The molecule has 0 aliphatic carbocycles. The first-order valence-electron chi connectivity index (χ1n) is 9.54. The quantitative estimate of drug-likeness (QED) is 0.531. The third kappa shape index (κ3) is 5.35. The maximum absolute atomic E-state index is 13.1. The molecule has 8 heteroatoms. The first-order chi connectivity index (χ1) is 14.6. The SMILES string of the molecule is CCOc1ccc(N(CCC#N)C(=O)c2ccc(OCc3noc(C)n3)cc2)cc1. The molecular weight excluding hydrogens is 384 g/mol. The number of aryl methyl sites for hydroxylation is 1. The Hall–Kier alpha value is -3.86. The van der Waals surface area contributed by atoms with E-state index in [-0.39, 0.29) is 18.9 Å². The van der Waals surface area contributed by atoms with Crippen LogP contribution in [0.2, 0.25) is 0 Å². The highest BCUT2D eigenvalue weighted by Gasteiger charge is 2.18. The van der Waals surface area contributed by atoms with Gasteiger partial charge < -0.3 is 18.9 Å². The van der Waals surface area contributed by atoms with E-state index in [1.165, 1.54) is 0 Å². The molecule has 0 atom stereocenters. The Balaban J connectivity index is 1.71. The third-order valence-corrected chi connectivity index (χ3v) is 4.19. The van der Waals surface area contributed by atoms with Gasteiger partial charge in [0.1, 0.15) is 11.5 Å². The van der Waals surface area contributed by atoms with Gasteiger partial charge in [-0.3, -0.25) is 4.79 Å². The van der Waals surface area contributed by atoms with Gasteiger partial charge in [-0.15, -0.1) is 0 Å². The molecule has 8 nitrogen and oxygen atoms in total. The molecule has 0 radical (unpaired) electrons. The minimum absolute atomic E-state index is 0.172. The van der Waals surface area contributed by atoms with Crippen LogP contribution in [-0.2, 0) is 6.61 Å². The Kier molecular flexibility index (Phi) is 7.00. The van der Waals surface area contributed by atoms with Crippen LogP contribution in [0, 0.1) is 18.3 Å². The van der Waals surface area contributed by atoms with Crippen molar-refractivity contribution in [1.82, 2.24) is 10.1 Å². The highest BCUT2D eigenvalue weighted by Crippen LogP contribution is 2.23. The number of ether oxygens (including phenoxy) is 2. The zero-order valence-corrected chi connectivity index (χ0v) is 16.9. The lowest BCUT2D eigenvalue weighted by atomic mass is 10.1. The lowest BCUT2D eigenvalue weighted by Crippen LogP contribution is -2.31. The number of rotatable bonds is 9. The van der Waals surface area contributed by atoms with Crippen LogP contribution in [0.5, 0.6) is 11.5 Å². The fourth-order valence-corrected chi connectivity index (χ4v) is 2.80. The highest BCUT2D eigenvalue weighted by molar-refractivity contribution is 6.06. The van der Waals surface area contributed by atoms with Gasteiger partial charge in [0, 0.05) is 24.7 Å². The maximum atomic E-state index is 13.1. The first-order valence-corrected chi connectivity index (χ1v) is 9.54. The molecule has 0 bridgehead atoms. The van der Waals surface area contributed by atoms with Crippen LogP contribution in [0.1, 0.15) is 35.4 Å². The molecule has 0 N–H and O–H groups in total. The van der Waals surface area contributed by atoms with Crippen LogP contribution < -0.4 is 14.4 Å². The summed E-state index contributed by atoms with van der Waals surface area (Å²) in [5.74, 6) is 2.03. The third-order valence-electron chi connectivity index (χ3n) is 4.19. The van der Waals surface area contributed by atoms with Crippen molar-refractivity contribution in [3.63, 3.8) is 0 Å². The van der Waals surface area contributed by atoms with Crippen molar-refractivity contribution in [3.8, 4) is 17.6 Å². The van der Waals surface area contributed by atoms with Gasteiger partial charge in [-0.25, -0.2) is 0 Å². The smallest absolute Gasteiger partial charge is 0.258 e. The molecule has 0 saturated heterocycles. The van der Waals surface area contributed by atoms with Crippen molar-refractivity contribution < 1.29 is 18.8 Å². The van der Waals surface area contributed by atoms with Gasteiger partial charge in [0.15, 0.2) is 6.61 Å². The van der Waals surface area contributed by atoms with Gasteiger partial charge in [-0.2, -0.15) is 10.2 Å². The molecule has 0 unspecified atom stereocenters. The minimum Gasteiger partial charge on any atom is -0.494 e. The average molecular weight is 406 g/mol. The maximum Gasteiger partial charge on any atom is 0.258 e. The Morgan fingerprint density at radius 1 is 1.10 bits per heavy atom. The second-order valence-corrected chi connectivity index (χ2v) is 6.33. The number of benzene rings is 2. The summed E-state index contributed by atoms with van der Waals surface area (Å²) >= 11 is 0. The second-order valence-electron chi connectivity index (χ2n) is 6.33. The number of aromatic nitrogens is 2. The Labute approximate surface area is 174 Å². The van der Waals surface area contributed by atoms with E-state index in [0.717, 1.165) is 5.75 Å². The van der Waals surface area contributed by atoms with E-state index in [4.69, 9.17) is 19.3 Å². The standard InChI is InChI=1S/C22H22N4O4/c1-3-28-19-11-7-18(8-12-19)26(14-4-13-23)22(27)17-5-9-20(10-6-17)29-15-21-24-16(2)30-25-21/h5-12H,3-4,14-15H2,1-2H3. The predicted octanol–water partition coefficient (Wildman–Crippen LogP) is 3.92.